The molecule has 43 heavy (non-hydrogen) atoms. The average Bonchev–Trinajstić information content (AvgIpc) is 3.32. The SMILES string of the molecule is CC(C)(C)NC(=O)N1CCc2c(-c3cccc(C(F)(F)F)c3)ccc(C(=O)CCCC3=Nc4cc(Cl)c(Cl)cc4C3)c2C1. The molecule has 3 aromatic rings. The molecule has 0 spiro atoms. The molecule has 5 nitrogen and oxygen atoms in total. The molecule has 2 heterocycles. The number of carbonyl (C=O) groups is 2. The largest absolute Gasteiger partial charge is 0.416 e. The normalized spacial score (nSPS) is 14.7. The third-order valence-electron chi connectivity index (χ3n) is 7.65. The van der Waals surface area contributed by atoms with Gasteiger partial charge in [0.25, 0.3) is 0 Å². The van der Waals surface area contributed by atoms with Gasteiger partial charge in [0.1, 0.15) is 0 Å². The fraction of sp³-hybridized carbons (Fsp3) is 0.364. The molecule has 2 amide bonds. The van der Waals surface area contributed by atoms with Gasteiger partial charge in [-0.1, -0.05) is 47.5 Å². The molecular weight excluding hydrogens is 598 g/mol. The average molecular weight is 631 g/mol. The molecule has 2 aliphatic heterocycles. The van der Waals surface area contributed by atoms with E-state index in [4.69, 9.17) is 23.2 Å². The van der Waals surface area contributed by atoms with Crippen LogP contribution in [0.15, 0.2) is 53.5 Å². The van der Waals surface area contributed by atoms with E-state index < -0.39 is 17.3 Å². The zero-order chi connectivity index (χ0) is 31.1. The van der Waals surface area contributed by atoms with E-state index in [9.17, 15) is 22.8 Å². The molecule has 0 fully saturated rings. The quantitative estimate of drug-likeness (QED) is 0.276. The van der Waals surface area contributed by atoms with E-state index in [1.54, 1.807) is 29.2 Å². The first-order valence-corrected chi connectivity index (χ1v) is 14.9. The van der Waals surface area contributed by atoms with Crippen molar-refractivity contribution in [3.05, 3.63) is 86.4 Å². The van der Waals surface area contributed by atoms with Gasteiger partial charge in [-0.05, 0) is 92.1 Å². The summed E-state index contributed by atoms with van der Waals surface area (Å²) in [7, 11) is 0. The topological polar surface area (TPSA) is 61.8 Å². The predicted octanol–water partition coefficient (Wildman–Crippen LogP) is 9.23. The number of hydrogen-bond donors (Lipinski definition) is 1. The third kappa shape index (κ3) is 7.07. The van der Waals surface area contributed by atoms with E-state index in [0.717, 1.165) is 34.7 Å². The van der Waals surface area contributed by atoms with Gasteiger partial charge in [0.05, 0.1) is 21.3 Å². The molecule has 2 aliphatic rings. The Kier molecular flexibility index (Phi) is 8.65. The number of fused-ring (bicyclic) bond motifs is 2. The van der Waals surface area contributed by atoms with Crippen molar-refractivity contribution in [3.8, 4) is 11.1 Å². The summed E-state index contributed by atoms with van der Waals surface area (Å²) >= 11 is 12.3. The standard InChI is InChI=1S/C33H32Cl2F3N3O2/c1-32(2,3)40-31(43)41-13-12-24-23(19-6-4-7-21(14-19)33(36,37)38)10-11-25(26(24)18-41)30(42)9-5-8-22-15-20-16-27(34)28(35)17-29(20)39-22/h4,6-7,10-11,14,16-17H,5,8-9,12-13,15,18H2,1-3H3,(H,40,43). The number of ketones is 1. The van der Waals surface area contributed by atoms with E-state index in [-0.39, 0.29) is 24.8 Å². The second-order valence-electron chi connectivity index (χ2n) is 12.1. The van der Waals surface area contributed by atoms with Crippen LogP contribution in [0.5, 0.6) is 0 Å². The van der Waals surface area contributed by atoms with Crippen LogP contribution in [0.3, 0.4) is 0 Å². The maximum atomic E-state index is 13.6. The summed E-state index contributed by atoms with van der Waals surface area (Å²) in [4.78, 5) is 32.9. The summed E-state index contributed by atoms with van der Waals surface area (Å²) in [6, 6.07) is 12.0. The van der Waals surface area contributed by atoms with Gasteiger partial charge < -0.3 is 10.2 Å². The third-order valence-corrected chi connectivity index (χ3v) is 8.37. The Morgan fingerprint density at radius 3 is 2.47 bits per heavy atom. The summed E-state index contributed by atoms with van der Waals surface area (Å²) in [5, 5.41) is 3.90. The zero-order valence-electron chi connectivity index (χ0n) is 24.2. The second kappa shape index (κ2) is 12.0. The highest BCUT2D eigenvalue weighted by Gasteiger charge is 2.32. The van der Waals surface area contributed by atoms with E-state index >= 15 is 0 Å². The second-order valence-corrected chi connectivity index (χ2v) is 12.9. The van der Waals surface area contributed by atoms with E-state index in [0.29, 0.717) is 64.5 Å². The van der Waals surface area contributed by atoms with Gasteiger partial charge in [-0.3, -0.25) is 9.79 Å². The Balaban J connectivity index is 1.39. The number of amides is 2. The van der Waals surface area contributed by atoms with Crippen LogP contribution in [0.25, 0.3) is 11.1 Å². The zero-order valence-corrected chi connectivity index (χ0v) is 25.7. The summed E-state index contributed by atoms with van der Waals surface area (Å²) in [6.07, 6.45) is -1.94. The Bertz CT molecular complexity index is 1630. The minimum atomic E-state index is -4.47. The van der Waals surface area contributed by atoms with Gasteiger partial charge in [-0.15, -0.1) is 0 Å². The van der Waals surface area contributed by atoms with Crippen molar-refractivity contribution in [1.82, 2.24) is 10.2 Å². The van der Waals surface area contributed by atoms with E-state index in [2.05, 4.69) is 10.3 Å². The summed E-state index contributed by atoms with van der Waals surface area (Å²) in [5.74, 6) is -0.0767. The number of Topliss-reactive ketones (excluding diaryl/α,β-unsaturated/α-hetero) is 1. The molecule has 10 heteroatoms. The van der Waals surface area contributed by atoms with Crippen molar-refractivity contribution >= 4 is 46.4 Å². The first kappa shape index (κ1) is 31.1. The molecule has 0 saturated heterocycles. The van der Waals surface area contributed by atoms with Crippen LogP contribution in [0.1, 0.15) is 72.6 Å². The number of urea groups is 1. The molecule has 0 saturated carbocycles. The molecule has 0 aromatic heterocycles. The summed E-state index contributed by atoms with van der Waals surface area (Å²) in [6.45, 7) is 6.24. The van der Waals surface area contributed by atoms with Gasteiger partial charge >= 0.3 is 12.2 Å². The highest BCUT2D eigenvalue weighted by Crippen LogP contribution is 2.38. The lowest BCUT2D eigenvalue weighted by molar-refractivity contribution is -0.137. The van der Waals surface area contributed by atoms with Gasteiger partial charge in [-0.25, -0.2) is 4.79 Å². The van der Waals surface area contributed by atoms with Crippen molar-refractivity contribution in [1.29, 1.82) is 0 Å². The number of carbonyl (C=O) groups excluding carboxylic acids is 2. The number of aliphatic imine (C=N–C) groups is 1. The Hall–Kier alpha value is -3.36. The molecule has 1 N–H and O–H groups in total. The number of hydrogen-bond acceptors (Lipinski definition) is 3. The van der Waals surface area contributed by atoms with Crippen LogP contribution in [-0.2, 0) is 25.6 Å². The van der Waals surface area contributed by atoms with Crippen LogP contribution in [0, 0.1) is 0 Å². The fourth-order valence-electron chi connectivity index (χ4n) is 5.63. The van der Waals surface area contributed by atoms with Crippen LogP contribution in [0.2, 0.25) is 10.0 Å². The molecule has 0 radical (unpaired) electrons. The van der Waals surface area contributed by atoms with Crippen LogP contribution >= 0.6 is 23.2 Å². The molecule has 0 unspecified atom stereocenters. The lowest BCUT2D eigenvalue weighted by atomic mass is 9.85. The molecular formula is C33H32Cl2F3N3O2. The van der Waals surface area contributed by atoms with Gasteiger partial charge in [-0.2, -0.15) is 13.2 Å². The number of alkyl halides is 3. The smallest absolute Gasteiger partial charge is 0.333 e. The number of nitrogens with zero attached hydrogens (tertiary/aromatic N) is 2. The molecule has 226 valence electrons. The Morgan fingerprint density at radius 2 is 1.74 bits per heavy atom. The molecule has 3 aromatic carbocycles. The highest BCUT2D eigenvalue weighted by atomic mass is 35.5. The monoisotopic (exact) mass is 629 g/mol. The Morgan fingerprint density at radius 1 is 1.00 bits per heavy atom. The van der Waals surface area contributed by atoms with Gasteiger partial charge in [0, 0.05) is 42.7 Å². The molecule has 5 rings (SSSR count). The van der Waals surface area contributed by atoms with Crippen molar-refractivity contribution in [2.45, 2.75) is 71.1 Å². The lowest BCUT2D eigenvalue weighted by Crippen LogP contribution is -2.50. The predicted molar refractivity (Wildman–Crippen MR) is 165 cm³/mol. The maximum Gasteiger partial charge on any atom is 0.416 e. The van der Waals surface area contributed by atoms with Crippen LogP contribution < -0.4 is 5.32 Å². The number of rotatable bonds is 6. The number of nitrogens with one attached hydrogen (secondary N) is 1. The minimum Gasteiger partial charge on any atom is -0.333 e. The lowest BCUT2D eigenvalue weighted by Gasteiger charge is -2.34. The fourth-order valence-corrected chi connectivity index (χ4v) is 5.97. The number of halogens is 5. The van der Waals surface area contributed by atoms with E-state index in [1.807, 2.05) is 26.8 Å². The van der Waals surface area contributed by atoms with Gasteiger partial charge in [0.15, 0.2) is 5.78 Å². The van der Waals surface area contributed by atoms with Crippen LogP contribution in [0.4, 0.5) is 23.7 Å². The summed E-state index contributed by atoms with van der Waals surface area (Å²) in [5.41, 5.74) is 4.62. The summed E-state index contributed by atoms with van der Waals surface area (Å²) < 4.78 is 40.5. The first-order chi connectivity index (χ1) is 20.2. The van der Waals surface area contributed by atoms with Gasteiger partial charge in [0.2, 0.25) is 0 Å². The number of benzene rings is 3. The highest BCUT2D eigenvalue weighted by molar-refractivity contribution is 6.42. The van der Waals surface area contributed by atoms with E-state index in [1.165, 1.54) is 6.07 Å². The van der Waals surface area contributed by atoms with Crippen LogP contribution in [-0.4, -0.2) is 34.5 Å². The maximum absolute atomic E-state index is 13.6. The molecule has 0 atom stereocenters. The first-order valence-electron chi connectivity index (χ1n) is 14.2. The van der Waals surface area contributed by atoms with Crippen molar-refractivity contribution < 1.29 is 22.8 Å². The minimum absolute atomic E-state index is 0.0767. The molecule has 0 aliphatic carbocycles. The van der Waals surface area contributed by atoms with Crippen molar-refractivity contribution in [2.24, 2.45) is 4.99 Å². The van der Waals surface area contributed by atoms with Crippen molar-refractivity contribution in [3.63, 3.8) is 0 Å². The molecule has 0 bridgehead atoms. The Labute approximate surface area is 259 Å². The van der Waals surface area contributed by atoms with Crippen molar-refractivity contribution in [2.75, 3.05) is 6.54 Å².